The van der Waals surface area contributed by atoms with E-state index in [4.69, 9.17) is 42.7 Å². The molecule has 0 spiro atoms. The number of carbonyl (C=O) groups excluding carboxylic acids is 1. The Labute approximate surface area is 307 Å². The summed E-state index contributed by atoms with van der Waals surface area (Å²) in [7, 11) is 3.30. The molecule has 0 saturated carbocycles. The molecule has 0 radical (unpaired) electrons. The topological polar surface area (TPSA) is 125 Å². The maximum absolute atomic E-state index is 11.7. The molecule has 51 heavy (non-hydrogen) atoms. The number of aliphatic carboxylic acids is 1. The molecule has 2 fully saturated rings. The van der Waals surface area contributed by atoms with Crippen LogP contribution >= 0.6 is 23.2 Å². The van der Waals surface area contributed by atoms with Crippen LogP contribution in [0.5, 0.6) is 5.88 Å². The minimum atomic E-state index is -0.735. The molecule has 1 amide bonds. The van der Waals surface area contributed by atoms with E-state index in [0.29, 0.717) is 47.9 Å². The summed E-state index contributed by atoms with van der Waals surface area (Å²) >= 11 is 14.5. The van der Waals surface area contributed by atoms with E-state index < -0.39 is 5.97 Å². The molecule has 2 aromatic carbocycles. The van der Waals surface area contributed by atoms with Gasteiger partial charge in [0.1, 0.15) is 0 Å². The molecule has 266 valence electrons. The van der Waals surface area contributed by atoms with E-state index in [1.54, 1.807) is 14.2 Å². The number of aryl methyl sites for hydroxylation is 1. The minimum absolute atomic E-state index is 0.0976. The van der Waals surface area contributed by atoms with Crippen LogP contribution in [-0.4, -0.2) is 78.7 Å². The highest BCUT2D eigenvalue weighted by Gasteiger charge is 2.44. The van der Waals surface area contributed by atoms with Crippen molar-refractivity contribution in [1.29, 1.82) is 0 Å². The number of halogens is 2. The largest absolute Gasteiger partial charge is 0.481 e. The van der Waals surface area contributed by atoms with Gasteiger partial charge in [-0.1, -0.05) is 65.2 Å². The average molecular weight is 731 g/mol. The van der Waals surface area contributed by atoms with Crippen molar-refractivity contribution in [1.82, 2.24) is 20.5 Å². The van der Waals surface area contributed by atoms with Gasteiger partial charge < -0.3 is 25.2 Å². The number of dihydropyridines is 1. The number of nitrogens with zero attached hydrogens (tertiary/aromatic N) is 3. The number of carbonyl (C=O) groups is 2. The van der Waals surface area contributed by atoms with Gasteiger partial charge in [0.15, 0.2) is 0 Å². The second-order valence-electron chi connectivity index (χ2n) is 14.2. The van der Waals surface area contributed by atoms with E-state index in [2.05, 4.69) is 21.6 Å². The Hall–Kier alpha value is -3.96. The fourth-order valence-corrected chi connectivity index (χ4v) is 9.30. The molecule has 4 heterocycles. The number of ether oxygens (including phenoxy) is 2. The summed E-state index contributed by atoms with van der Waals surface area (Å²) in [5.74, 6) is 0.264. The maximum atomic E-state index is 11.7. The predicted molar refractivity (Wildman–Crippen MR) is 196 cm³/mol. The molecular weight excluding hydrogens is 689 g/mol. The summed E-state index contributed by atoms with van der Waals surface area (Å²) in [6, 6.07) is 14.2. The lowest BCUT2D eigenvalue weighted by Crippen LogP contribution is -2.55. The third-order valence-electron chi connectivity index (χ3n) is 11.3. The summed E-state index contributed by atoms with van der Waals surface area (Å²) in [5, 5.41) is 17.2. The fraction of sp³-hybridized carbons (Fsp3) is 0.436. The lowest BCUT2D eigenvalue weighted by Gasteiger charge is -2.42. The predicted octanol–water partition coefficient (Wildman–Crippen LogP) is 6.55. The second-order valence-corrected chi connectivity index (χ2v) is 14.9. The Bertz CT molecular complexity index is 1980. The van der Waals surface area contributed by atoms with Gasteiger partial charge in [-0.2, -0.15) is 0 Å². The summed E-state index contributed by atoms with van der Waals surface area (Å²) < 4.78 is 11.7. The van der Waals surface area contributed by atoms with Crippen LogP contribution in [0.1, 0.15) is 67.3 Å². The molecule has 4 atom stereocenters. The van der Waals surface area contributed by atoms with E-state index in [9.17, 15) is 14.7 Å². The van der Waals surface area contributed by atoms with Gasteiger partial charge in [0.25, 0.3) is 0 Å². The first-order valence-corrected chi connectivity index (χ1v) is 18.5. The molecule has 8 rings (SSSR count). The van der Waals surface area contributed by atoms with Crippen LogP contribution in [0, 0.1) is 5.92 Å². The SMILES string of the molecule is COC1=NC(c2cccc(-c3cccc(-c4cc5c(c(OC)n4)[C@H](NC[C@@H]4CCC(=O)N4)CC5)c3Cl)c2Cl)CC2=C1[C@H](N1CC(C(=O)O)C1)CC2. The second kappa shape index (κ2) is 13.9. The molecule has 0 bridgehead atoms. The van der Waals surface area contributed by atoms with Gasteiger partial charge >= 0.3 is 5.97 Å². The van der Waals surface area contributed by atoms with Crippen LogP contribution < -0.4 is 15.4 Å². The average Bonchev–Trinajstić information content (AvgIpc) is 3.84. The highest BCUT2D eigenvalue weighted by Crippen LogP contribution is 2.48. The van der Waals surface area contributed by atoms with Gasteiger partial charge in [0, 0.05) is 72.0 Å². The number of hydrogen-bond donors (Lipinski definition) is 3. The quantitative estimate of drug-likeness (QED) is 0.227. The van der Waals surface area contributed by atoms with Gasteiger partial charge in [-0.05, 0) is 55.7 Å². The molecule has 3 N–H and O–H groups in total. The number of nitrogens with one attached hydrogen (secondary N) is 2. The Kier molecular flexibility index (Phi) is 9.29. The molecular formula is C39H41Cl2N5O5. The van der Waals surface area contributed by atoms with Gasteiger partial charge in [-0.25, -0.2) is 9.98 Å². The van der Waals surface area contributed by atoms with E-state index in [0.717, 1.165) is 77.6 Å². The number of carboxylic acids is 1. The fourth-order valence-electron chi connectivity index (χ4n) is 8.62. The Morgan fingerprint density at radius 1 is 1.00 bits per heavy atom. The molecule has 3 aliphatic heterocycles. The van der Waals surface area contributed by atoms with Crippen LogP contribution in [0.4, 0.5) is 0 Å². The number of likely N-dealkylation sites (tertiary alicyclic amines) is 1. The number of fused-ring (bicyclic) bond motifs is 1. The van der Waals surface area contributed by atoms with Crippen LogP contribution in [0.2, 0.25) is 10.0 Å². The molecule has 2 saturated heterocycles. The zero-order valence-corrected chi connectivity index (χ0v) is 30.2. The van der Waals surface area contributed by atoms with Gasteiger partial charge in [0.2, 0.25) is 17.7 Å². The Morgan fingerprint density at radius 2 is 1.76 bits per heavy atom. The number of benzene rings is 2. The van der Waals surface area contributed by atoms with Crippen molar-refractivity contribution in [3.05, 3.63) is 80.3 Å². The first-order valence-electron chi connectivity index (χ1n) is 17.7. The smallest absolute Gasteiger partial charge is 0.309 e. The number of aromatic nitrogens is 1. The molecule has 1 unspecified atom stereocenters. The van der Waals surface area contributed by atoms with Crippen molar-refractivity contribution >= 4 is 41.0 Å². The first kappa shape index (κ1) is 34.1. The number of amides is 1. The van der Waals surface area contributed by atoms with E-state index in [1.807, 2.05) is 36.4 Å². The summed E-state index contributed by atoms with van der Waals surface area (Å²) in [4.78, 5) is 35.4. The first-order chi connectivity index (χ1) is 24.7. The standard InChI is InChI=1S/C39H41Cl2N5O5/c1-50-37-33-20(9-12-28(33)42-17-23-11-14-32(47)43-23)15-29(44-37)26-7-3-5-24(35(26)40)25-6-4-8-27(36(25)41)30-16-21-10-13-31(34(21)38(45-30)51-2)46-18-22(19-46)39(48)49/h3-8,15,22-23,28,30-31,42H,9-14,16-19H2,1-2H3,(H,43,47)(H,48,49)/t23-,28+,30?,31+/m0/s1. The lowest BCUT2D eigenvalue weighted by atomic mass is 9.90. The third kappa shape index (κ3) is 6.20. The van der Waals surface area contributed by atoms with E-state index in [-0.39, 0.29) is 36.0 Å². The van der Waals surface area contributed by atoms with Crippen LogP contribution in [-0.2, 0) is 20.7 Å². The number of aliphatic imine (C=N–C) groups is 1. The lowest BCUT2D eigenvalue weighted by molar-refractivity contribution is -0.148. The molecule has 5 aliphatic rings. The number of methoxy groups -OCH3 is 2. The van der Waals surface area contributed by atoms with E-state index >= 15 is 0 Å². The van der Waals surface area contributed by atoms with Crippen molar-refractivity contribution in [2.24, 2.45) is 10.9 Å². The van der Waals surface area contributed by atoms with Gasteiger partial charge in [-0.15, -0.1) is 0 Å². The highest BCUT2D eigenvalue weighted by atomic mass is 35.5. The zero-order chi connectivity index (χ0) is 35.4. The summed E-state index contributed by atoms with van der Waals surface area (Å²) in [6.45, 7) is 1.82. The van der Waals surface area contributed by atoms with Crippen LogP contribution in [0.3, 0.4) is 0 Å². The number of pyridine rings is 1. The van der Waals surface area contributed by atoms with E-state index in [1.165, 1.54) is 11.1 Å². The van der Waals surface area contributed by atoms with Crippen molar-refractivity contribution in [2.75, 3.05) is 33.9 Å². The monoisotopic (exact) mass is 729 g/mol. The Morgan fingerprint density at radius 3 is 2.49 bits per heavy atom. The molecule has 1 aromatic heterocycles. The van der Waals surface area contributed by atoms with Crippen molar-refractivity contribution in [3.63, 3.8) is 0 Å². The van der Waals surface area contributed by atoms with Gasteiger partial charge in [0.05, 0.1) is 41.9 Å². The van der Waals surface area contributed by atoms with Crippen molar-refractivity contribution in [3.8, 4) is 28.3 Å². The third-order valence-corrected chi connectivity index (χ3v) is 12.1. The van der Waals surface area contributed by atoms with Crippen molar-refractivity contribution in [2.45, 2.75) is 69.1 Å². The number of rotatable bonds is 9. The summed E-state index contributed by atoms with van der Waals surface area (Å²) in [5.41, 5.74) is 8.72. The Balaban J connectivity index is 1.05. The molecule has 10 nitrogen and oxygen atoms in total. The highest BCUT2D eigenvalue weighted by molar-refractivity contribution is 6.38. The normalized spacial score (nSPS) is 24.5. The number of hydrogen-bond acceptors (Lipinski definition) is 8. The van der Waals surface area contributed by atoms with Crippen molar-refractivity contribution < 1.29 is 24.2 Å². The minimum Gasteiger partial charge on any atom is -0.481 e. The molecule has 3 aromatic rings. The molecule has 2 aliphatic carbocycles. The zero-order valence-electron chi connectivity index (χ0n) is 28.7. The summed E-state index contributed by atoms with van der Waals surface area (Å²) in [6.07, 6.45) is 5.82. The maximum Gasteiger partial charge on any atom is 0.309 e. The molecule has 12 heteroatoms. The number of carboxylic acid groups (broad SMARTS) is 1. The van der Waals surface area contributed by atoms with Gasteiger partial charge in [-0.3, -0.25) is 14.5 Å². The van der Waals surface area contributed by atoms with Crippen LogP contribution in [0.25, 0.3) is 22.4 Å². The van der Waals surface area contributed by atoms with Crippen LogP contribution in [0.15, 0.2) is 58.6 Å².